The fourth-order valence-electron chi connectivity index (χ4n) is 6.60. The molecule has 1 saturated carbocycles. The number of nitrogens with zero attached hydrogens (tertiary/aromatic N) is 2. The van der Waals surface area contributed by atoms with Gasteiger partial charge in [-0.25, -0.2) is 13.2 Å². The van der Waals surface area contributed by atoms with Crippen LogP contribution in [0.5, 0.6) is 5.75 Å². The maximum atomic E-state index is 14.0. The van der Waals surface area contributed by atoms with Gasteiger partial charge in [-0.3, -0.25) is 9.74 Å². The molecule has 5 atom stereocenters. The molecule has 3 aliphatic heterocycles. The standard InChI is InChI=1S/C34H47N3O10S/c38-31(30(22-25-6-2-1-3-7-25)35-34(39)46-32-24-45-33-29(32)14-18-44-33)23-37(47-27-8-4-5-9-27)48(40,41)28-12-10-26(11-13-28)43-21-17-36-15-19-42-20-16-36/h1-3,6-7,10-13,27,29-33,38H,4-5,8-9,14-24H2,(H,35,39)/t29-,30?,31+,32-,33+/m0/s1. The number of ether oxygens (including phenoxy) is 5. The molecule has 2 N–H and O–H groups in total. The lowest BCUT2D eigenvalue weighted by molar-refractivity contribution is -0.145. The number of nitrogens with one attached hydrogen (secondary N) is 1. The van der Waals surface area contributed by atoms with E-state index in [1.54, 1.807) is 12.1 Å². The van der Waals surface area contributed by atoms with Gasteiger partial charge in [0, 0.05) is 19.6 Å². The molecule has 1 aliphatic carbocycles. The van der Waals surface area contributed by atoms with Crippen LogP contribution in [0.25, 0.3) is 0 Å². The Labute approximate surface area is 282 Å². The number of fused-ring (bicyclic) bond motifs is 1. The molecule has 6 rings (SSSR count). The van der Waals surface area contributed by atoms with Crippen molar-refractivity contribution < 1.29 is 46.8 Å². The molecule has 0 aromatic heterocycles. The van der Waals surface area contributed by atoms with Crippen LogP contribution in [0.3, 0.4) is 0 Å². The first-order valence-electron chi connectivity index (χ1n) is 17.0. The highest BCUT2D eigenvalue weighted by atomic mass is 32.2. The Kier molecular flexibility index (Phi) is 12.2. The topological polar surface area (TPSA) is 145 Å². The van der Waals surface area contributed by atoms with E-state index in [9.17, 15) is 18.3 Å². The molecular formula is C34H47N3O10S. The number of hydrogen-bond donors (Lipinski definition) is 2. The summed E-state index contributed by atoms with van der Waals surface area (Å²) in [5.74, 6) is 0.509. The molecule has 1 unspecified atom stereocenters. The zero-order chi connectivity index (χ0) is 33.3. The second-order valence-corrected chi connectivity index (χ2v) is 14.6. The predicted octanol–water partition coefficient (Wildman–Crippen LogP) is 2.72. The predicted molar refractivity (Wildman–Crippen MR) is 174 cm³/mol. The Bertz CT molecular complexity index is 1400. The van der Waals surface area contributed by atoms with Gasteiger partial charge in [0.15, 0.2) is 6.29 Å². The van der Waals surface area contributed by atoms with Crippen molar-refractivity contribution in [3.8, 4) is 5.75 Å². The third-order valence-electron chi connectivity index (χ3n) is 9.38. The fourth-order valence-corrected chi connectivity index (χ4v) is 7.90. The summed E-state index contributed by atoms with van der Waals surface area (Å²) >= 11 is 0. The highest BCUT2D eigenvalue weighted by Crippen LogP contribution is 2.33. The van der Waals surface area contributed by atoms with Crippen LogP contribution in [0.15, 0.2) is 59.5 Å². The fraction of sp³-hybridized carbons (Fsp3) is 0.618. The molecular weight excluding hydrogens is 642 g/mol. The molecule has 2 aromatic carbocycles. The van der Waals surface area contributed by atoms with Gasteiger partial charge >= 0.3 is 6.09 Å². The molecule has 48 heavy (non-hydrogen) atoms. The molecule has 4 aliphatic rings. The van der Waals surface area contributed by atoms with Crippen LogP contribution in [-0.4, -0.2) is 119 Å². The van der Waals surface area contributed by atoms with Gasteiger partial charge in [0.05, 0.1) is 62.0 Å². The number of aliphatic hydroxyl groups excluding tert-OH is 1. The average Bonchev–Trinajstić information content (AvgIpc) is 3.87. The largest absolute Gasteiger partial charge is 0.492 e. The maximum Gasteiger partial charge on any atom is 0.407 e. The summed E-state index contributed by atoms with van der Waals surface area (Å²) < 4.78 is 57.0. The molecule has 3 heterocycles. The first-order chi connectivity index (χ1) is 23.3. The van der Waals surface area contributed by atoms with E-state index in [2.05, 4.69) is 10.2 Å². The van der Waals surface area contributed by atoms with Gasteiger partial charge in [0.2, 0.25) is 0 Å². The minimum absolute atomic E-state index is 0.00905. The van der Waals surface area contributed by atoms with E-state index < -0.39 is 40.9 Å². The van der Waals surface area contributed by atoms with E-state index >= 15 is 0 Å². The lowest BCUT2D eigenvalue weighted by Crippen LogP contribution is -2.51. The summed E-state index contributed by atoms with van der Waals surface area (Å²) in [5.41, 5.74) is 0.852. The molecule has 2 aromatic rings. The minimum Gasteiger partial charge on any atom is -0.492 e. The van der Waals surface area contributed by atoms with Crippen molar-refractivity contribution in [3.05, 3.63) is 60.2 Å². The molecule has 14 heteroatoms. The Morgan fingerprint density at radius 1 is 1.00 bits per heavy atom. The Hall–Kier alpha value is -2.82. The van der Waals surface area contributed by atoms with Crippen molar-refractivity contribution in [2.24, 2.45) is 5.92 Å². The molecule has 4 fully saturated rings. The van der Waals surface area contributed by atoms with Crippen LogP contribution in [-0.2, 0) is 40.2 Å². The molecule has 13 nitrogen and oxygen atoms in total. The average molecular weight is 690 g/mol. The Morgan fingerprint density at radius 3 is 2.50 bits per heavy atom. The summed E-state index contributed by atoms with van der Waals surface area (Å²) in [6.45, 7) is 4.72. The van der Waals surface area contributed by atoms with Crippen molar-refractivity contribution in [1.82, 2.24) is 14.7 Å². The number of carbonyl (C=O) groups excluding carboxylic acids is 1. The van der Waals surface area contributed by atoms with Crippen LogP contribution in [0.1, 0.15) is 37.7 Å². The highest BCUT2D eigenvalue weighted by molar-refractivity contribution is 7.89. The first-order valence-corrected chi connectivity index (χ1v) is 18.4. The van der Waals surface area contributed by atoms with Crippen LogP contribution in [0.4, 0.5) is 4.79 Å². The monoisotopic (exact) mass is 689 g/mol. The van der Waals surface area contributed by atoms with Crippen molar-refractivity contribution in [3.63, 3.8) is 0 Å². The number of benzene rings is 2. The van der Waals surface area contributed by atoms with E-state index in [0.29, 0.717) is 45.0 Å². The van der Waals surface area contributed by atoms with Crippen LogP contribution in [0.2, 0.25) is 0 Å². The number of morpholine rings is 1. The number of alkyl carbamates (subject to hydrolysis) is 1. The van der Waals surface area contributed by atoms with Gasteiger partial charge in [0.1, 0.15) is 18.5 Å². The smallest absolute Gasteiger partial charge is 0.407 e. The summed E-state index contributed by atoms with van der Waals surface area (Å²) in [5, 5.41) is 14.4. The van der Waals surface area contributed by atoms with E-state index in [1.807, 2.05) is 30.3 Å². The van der Waals surface area contributed by atoms with Gasteiger partial charge in [-0.05, 0) is 55.5 Å². The summed E-state index contributed by atoms with van der Waals surface area (Å²) in [6, 6.07) is 14.7. The molecule has 0 bridgehead atoms. The van der Waals surface area contributed by atoms with Gasteiger partial charge in [-0.2, -0.15) is 0 Å². The Morgan fingerprint density at radius 2 is 1.75 bits per heavy atom. The van der Waals surface area contributed by atoms with E-state index in [0.717, 1.165) is 48.9 Å². The molecule has 1 amide bonds. The third kappa shape index (κ3) is 9.24. The number of amides is 1. The number of hydrogen-bond acceptors (Lipinski definition) is 11. The van der Waals surface area contributed by atoms with Crippen LogP contribution >= 0.6 is 0 Å². The van der Waals surface area contributed by atoms with Crippen molar-refractivity contribution in [2.45, 2.75) is 74.1 Å². The first kappa shape index (κ1) is 35.0. The van der Waals surface area contributed by atoms with E-state index in [4.69, 9.17) is 28.5 Å². The maximum absolute atomic E-state index is 14.0. The second-order valence-electron chi connectivity index (χ2n) is 12.8. The number of aliphatic hydroxyl groups is 1. The number of carbonyl (C=O) groups is 1. The number of hydroxylamine groups is 1. The minimum atomic E-state index is -4.20. The number of sulfonamides is 1. The third-order valence-corrected chi connectivity index (χ3v) is 11.0. The van der Waals surface area contributed by atoms with E-state index in [1.165, 1.54) is 12.1 Å². The molecule has 264 valence electrons. The van der Waals surface area contributed by atoms with Crippen LogP contribution < -0.4 is 10.1 Å². The molecule has 0 spiro atoms. The second kappa shape index (κ2) is 16.7. The van der Waals surface area contributed by atoms with Gasteiger partial charge in [0.25, 0.3) is 10.0 Å². The molecule has 3 saturated heterocycles. The zero-order valence-electron chi connectivity index (χ0n) is 27.2. The summed E-state index contributed by atoms with van der Waals surface area (Å²) in [7, 11) is -4.20. The van der Waals surface area contributed by atoms with Crippen molar-refractivity contribution >= 4 is 16.1 Å². The van der Waals surface area contributed by atoms with Gasteiger partial charge in [-0.1, -0.05) is 47.6 Å². The quantitative estimate of drug-likeness (QED) is 0.266. The Balaban J connectivity index is 1.13. The van der Waals surface area contributed by atoms with Gasteiger partial charge < -0.3 is 34.1 Å². The summed E-state index contributed by atoms with van der Waals surface area (Å²) in [6.07, 6.45) is 1.05. The lowest BCUT2D eigenvalue weighted by atomic mass is 10.0. The lowest BCUT2D eigenvalue weighted by Gasteiger charge is -2.31. The van der Waals surface area contributed by atoms with Crippen LogP contribution in [0, 0.1) is 5.92 Å². The highest BCUT2D eigenvalue weighted by Gasteiger charge is 2.44. The summed E-state index contributed by atoms with van der Waals surface area (Å²) in [4.78, 5) is 21.5. The zero-order valence-corrected chi connectivity index (χ0v) is 28.0. The van der Waals surface area contributed by atoms with Crippen molar-refractivity contribution in [1.29, 1.82) is 0 Å². The molecule has 0 radical (unpaired) electrons. The normalized spacial score (nSPS) is 24.8. The SMILES string of the molecule is O=C(NC(Cc1ccccc1)[C@H](O)CN(OC1CCCC1)S(=O)(=O)c1ccc(OCCN2CCOCC2)cc1)O[C@H]1CO[C@H]2OCC[C@H]21. The van der Waals surface area contributed by atoms with E-state index in [-0.39, 0.29) is 36.2 Å². The van der Waals surface area contributed by atoms with Crippen molar-refractivity contribution in [2.75, 3.05) is 59.2 Å². The van der Waals surface area contributed by atoms with Gasteiger partial charge in [-0.15, -0.1) is 0 Å². The number of rotatable bonds is 15.